The van der Waals surface area contributed by atoms with Crippen molar-refractivity contribution in [2.24, 2.45) is 0 Å². The van der Waals surface area contributed by atoms with E-state index in [1.807, 2.05) is 32.7 Å². The fourth-order valence-electron chi connectivity index (χ4n) is 2.69. The minimum absolute atomic E-state index is 0.197. The number of anilines is 1. The summed E-state index contributed by atoms with van der Waals surface area (Å²) in [4.78, 5) is 14.0. The molecular formula is C17H26N2O2. The molecule has 1 heterocycles. The van der Waals surface area contributed by atoms with Crippen LogP contribution in [0.3, 0.4) is 0 Å². The van der Waals surface area contributed by atoms with Gasteiger partial charge in [-0.05, 0) is 51.3 Å². The van der Waals surface area contributed by atoms with Gasteiger partial charge in [-0.1, -0.05) is 12.1 Å². The highest BCUT2D eigenvalue weighted by atomic mass is 16.6. The van der Waals surface area contributed by atoms with Crippen LogP contribution in [0.5, 0.6) is 0 Å². The normalized spacial score (nSPS) is 19.2. The number of piperidine rings is 1. The summed E-state index contributed by atoms with van der Waals surface area (Å²) in [6.07, 6.45) is 1.94. The first-order chi connectivity index (χ1) is 9.89. The number of carbonyl (C=O) groups is 1. The van der Waals surface area contributed by atoms with E-state index in [0.29, 0.717) is 5.92 Å². The predicted molar refractivity (Wildman–Crippen MR) is 85.8 cm³/mol. The summed E-state index contributed by atoms with van der Waals surface area (Å²) < 4.78 is 5.48. The number of likely N-dealkylation sites (tertiary alicyclic amines) is 1. The van der Waals surface area contributed by atoms with E-state index in [9.17, 15) is 4.79 Å². The van der Waals surface area contributed by atoms with E-state index in [1.54, 1.807) is 0 Å². The van der Waals surface area contributed by atoms with Crippen molar-refractivity contribution in [3.63, 3.8) is 0 Å². The number of hydrogen-bond donors (Lipinski definition) is 1. The number of amides is 1. The highest BCUT2D eigenvalue weighted by molar-refractivity contribution is 5.68. The van der Waals surface area contributed by atoms with Gasteiger partial charge in [0, 0.05) is 31.7 Å². The van der Waals surface area contributed by atoms with Crippen molar-refractivity contribution in [3.8, 4) is 0 Å². The van der Waals surface area contributed by atoms with Gasteiger partial charge in [-0.2, -0.15) is 0 Å². The summed E-state index contributed by atoms with van der Waals surface area (Å²) in [6.45, 7) is 7.24. The molecule has 0 radical (unpaired) electrons. The van der Waals surface area contributed by atoms with Crippen molar-refractivity contribution in [1.29, 1.82) is 0 Å². The lowest BCUT2D eigenvalue weighted by Crippen LogP contribution is -2.42. The molecule has 1 fully saturated rings. The molecular weight excluding hydrogens is 264 g/mol. The second-order valence-corrected chi connectivity index (χ2v) is 6.64. The fourth-order valence-corrected chi connectivity index (χ4v) is 2.69. The van der Waals surface area contributed by atoms with Crippen LogP contribution in [0.25, 0.3) is 0 Å². The SMILES string of the molecule is CNc1cccc(C2CCCN(C(=O)OC(C)(C)C)C2)c1. The zero-order valence-electron chi connectivity index (χ0n) is 13.5. The topological polar surface area (TPSA) is 41.6 Å². The lowest BCUT2D eigenvalue weighted by Gasteiger charge is -2.34. The maximum Gasteiger partial charge on any atom is 0.410 e. The van der Waals surface area contributed by atoms with Gasteiger partial charge in [0.25, 0.3) is 0 Å². The average molecular weight is 290 g/mol. The molecule has 1 aliphatic rings. The smallest absolute Gasteiger partial charge is 0.410 e. The van der Waals surface area contributed by atoms with Crippen molar-refractivity contribution in [3.05, 3.63) is 29.8 Å². The number of benzene rings is 1. The Hall–Kier alpha value is -1.71. The third-order valence-corrected chi connectivity index (χ3v) is 3.72. The van der Waals surface area contributed by atoms with Gasteiger partial charge in [0.2, 0.25) is 0 Å². The molecule has 4 heteroatoms. The van der Waals surface area contributed by atoms with Gasteiger partial charge in [-0.25, -0.2) is 4.79 Å². The van der Waals surface area contributed by atoms with E-state index in [0.717, 1.165) is 31.6 Å². The maximum absolute atomic E-state index is 12.2. The molecule has 21 heavy (non-hydrogen) atoms. The Morgan fingerprint density at radius 2 is 2.14 bits per heavy atom. The third kappa shape index (κ3) is 4.38. The average Bonchev–Trinajstić information content (AvgIpc) is 2.46. The number of rotatable bonds is 2. The van der Waals surface area contributed by atoms with E-state index in [2.05, 4.69) is 29.6 Å². The molecule has 1 atom stereocenters. The Labute approximate surface area is 127 Å². The zero-order chi connectivity index (χ0) is 15.5. The molecule has 4 nitrogen and oxygen atoms in total. The zero-order valence-corrected chi connectivity index (χ0v) is 13.5. The lowest BCUT2D eigenvalue weighted by atomic mass is 9.90. The van der Waals surface area contributed by atoms with E-state index < -0.39 is 5.60 Å². The van der Waals surface area contributed by atoms with E-state index in [-0.39, 0.29) is 6.09 Å². The molecule has 1 amide bonds. The molecule has 1 saturated heterocycles. The van der Waals surface area contributed by atoms with Crippen molar-refractivity contribution in [2.45, 2.75) is 45.1 Å². The fraction of sp³-hybridized carbons (Fsp3) is 0.588. The first kappa shape index (κ1) is 15.7. The van der Waals surface area contributed by atoms with E-state index in [1.165, 1.54) is 5.56 Å². The van der Waals surface area contributed by atoms with Gasteiger partial charge in [0.15, 0.2) is 0 Å². The standard InChI is InChI=1S/C17H26N2O2/c1-17(2,3)21-16(20)19-10-6-8-14(12-19)13-7-5-9-15(11-13)18-4/h5,7,9,11,14,18H,6,8,10,12H2,1-4H3. The van der Waals surface area contributed by atoms with Crippen molar-refractivity contribution >= 4 is 11.8 Å². The third-order valence-electron chi connectivity index (χ3n) is 3.72. The van der Waals surface area contributed by atoms with Crippen LogP contribution >= 0.6 is 0 Å². The van der Waals surface area contributed by atoms with Crippen LogP contribution in [0.1, 0.15) is 45.1 Å². The second kappa shape index (κ2) is 6.37. The first-order valence-corrected chi connectivity index (χ1v) is 7.64. The maximum atomic E-state index is 12.2. The lowest BCUT2D eigenvalue weighted by molar-refractivity contribution is 0.0198. The Morgan fingerprint density at radius 3 is 2.81 bits per heavy atom. The quantitative estimate of drug-likeness (QED) is 0.899. The van der Waals surface area contributed by atoms with Crippen LogP contribution in [-0.2, 0) is 4.74 Å². The first-order valence-electron chi connectivity index (χ1n) is 7.64. The number of hydrogen-bond acceptors (Lipinski definition) is 3. The van der Waals surface area contributed by atoms with Crippen LogP contribution in [0.2, 0.25) is 0 Å². The van der Waals surface area contributed by atoms with Crippen molar-refractivity contribution in [2.75, 3.05) is 25.5 Å². The van der Waals surface area contributed by atoms with Crippen LogP contribution < -0.4 is 5.32 Å². The van der Waals surface area contributed by atoms with Crippen LogP contribution in [0.15, 0.2) is 24.3 Å². The molecule has 0 aliphatic carbocycles. The molecule has 1 aliphatic heterocycles. The van der Waals surface area contributed by atoms with Crippen molar-refractivity contribution in [1.82, 2.24) is 4.90 Å². The number of ether oxygens (including phenoxy) is 1. The summed E-state index contributed by atoms with van der Waals surface area (Å²) >= 11 is 0. The monoisotopic (exact) mass is 290 g/mol. The Balaban J connectivity index is 2.04. The Kier molecular flexibility index (Phi) is 4.76. The van der Waals surface area contributed by atoms with Gasteiger partial charge in [0.1, 0.15) is 5.60 Å². The highest BCUT2D eigenvalue weighted by Gasteiger charge is 2.28. The minimum atomic E-state index is -0.434. The summed E-state index contributed by atoms with van der Waals surface area (Å²) in [5.41, 5.74) is 1.97. The molecule has 1 aromatic carbocycles. The molecule has 0 spiro atoms. The molecule has 1 unspecified atom stereocenters. The van der Waals surface area contributed by atoms with Crippen LogP contribution in [0.4, 0.5) is 10.5 Å². The summed E-state index contributed by atoms with van der Waals surface area (Å²) in [5.74, 6) is 0.388. The van der Waals surface area contributed by atoms with Gasteiger partial charge < -0.3 is 15.0 Å². The van der Waals surface area contributed by atoms with Gasteiger partial charge in [-0.15, -0.1) is 0 Å². The largest absolute Gasteiger partial charge is 0.444 e. The molecule has 2 rings (SSSR count). The highest BCUT2D eigenvalue weighted by Crippen LogP contribution is 2.29. The van der Waals surface area contributed by atoms with Gasteiger partial charge in [0.05, 0.1) is 0 Å². The molecule has 1 N–H and O–H groups in total. The van der Waals surface area contributed by atoms with Crippen LogP contribution in [-0.4, -0.2) is 36.7 Å². The molecule has 116 valence electrons. The Morgan fingerprint density at radius 1 is 1.38 bits per heavy atom. The number of nitrogens with one attached hydrogen (secondary N) is 1. The van der Waals surface area contributed by atoms with Crippen LogP contribution in [0, 0.1) is 0 Å². The van der Waals surface area contributed by atoms with Crippen molar-refractivity contribution < 1.29 is 9.53 Å². The molecule has 0 bridgehead atoms. The molecule has 0 saturated carbocycles. The second-order valence-electron chi connectivity index (χ2n) is 6.64. The molecule has 1 aromatic rings. The van der Waals surface area contributed by atoms with E-state index in [4.69, 9.17) is 4.74 Å². The van der Waals surface area contributed by atoms with E-state index >= 15 is 0 Å². The minimum Gasteiger partial charge on any atom is -0.444 e. The number of carbonyl (C=O) groups excluding carboxylic acids is 1. The number of nitrogens with zero attached hydrogens (tertiary/aromatic N) is 1. The van der Waals surface area contributed by atoms with Gasteiger partial charge in [-0.3, -0.25) is 0 Å². The van der Waals surface area contributed by atoms with Gasteiger partial charge >= 0.3 is 6.09 Å². The Bertz CT molecular complexity index is 494. The predicted octanol–water partition coefficient (Wildman–Crippen LogP) is 3.84. The summed E-state index contributed by atoms with van der Waals surface area (Å²) in [5, 5.41) is 3.17. The summed E-state index contributed by atoms with van der Waals surface area (Å²) in [6, 6.07) is 8.43. The molecule has 0 aromatic heterocycles. The summed E-state index contributed by atoms with van der Waals surface area (Å²) in [7, 11) is 1.92.